The topological polar surface area (TPSA) is 51.2 Å². The van der Waals surface area contributed by atoms with E-state index in [2.05, 4.69) is 0 Å². The molecule has 5 heteroatoms. The van der Waals surface area contributed by atoms with Gasteiger partial charge < -0.3 is 0 Å². The minimum absolute atomic E-state index is 0.00511. The van der Waals surface area contributed by atoms with Gasteiger partial charge in [-0.15, -0.1) is 0 Å². The van der Waals surface area contributed by atoms with Crippen molar-refractivity contribution in [2.24, 2.45) is 11.8 Å². The smallest absolute Gasteiger partial charge is 0.288 e. The Morgan fingerprint density at radius 2 is 1.29 bits per heavy atom. The number of Topliss-reactive ketones (excluding diaryl/α,β-unsaturated/α-hetero) is 2. The number of carbonyl (C=O) groups is 2. The lowest BCUT2D eigenvalue weighted by Gasteiger charge is -2.21. The Morgan fingerprint density at radius 1 is 0.810 bits per heavy atom. The first-order valence-electron chi connectivity index (χ1n) is 6.73. The summed E-state index contributed by atoms with van der Waals surface area (Å²) in [6.07, 6.45) is 4.94. The Hall–Kier alpha value is -1.85. The normalized spacial score (nSPS) is 25.9. The van der Waals surface area contributed by atoms with Crippen LogP contribution in [0.4, 0.5) is 0 Å². The third kappa shape index (κ3) is 1.35. The van der Waals surface area contributed by atoms with Gasteiger partial charge >= 0.3 is 0 Å². The summed E-state index contributed by atoms with van der Waals surface area (Å²) in [5.74, 6) is 0.159. The monoisotopic (exact) mass is 312 g/mol. The average molecular weight is 312 g/mol. The highest BCUT2D eigenvalue weighted by atomic mass is 32.2. The van der Waals surface area contributed by atoms with E-state index in [0.29, 0.717) is 22.3 Å². The van der Waals surface area contributed by atoms with Crippen LogP contribution in [0.25, 0.3) is 9.40 Å². The summed E-state index contributed by atoms with van der Waals surface area (Å²) in [5, 5.41) is 0. The maximum Gasteiger partial charge on any atom is 0.288 e. The fraction of sp³-hybridized carbons (Fsp3) is 0.188. The highest BCUT2D eigenvalue weighted by Gasteiger charge is 2.45. The first kappa shape index (κ1) is 11.8. The second-order valence-electron chi connectivity index (χ2n) is 5.62. The molecule has 3 nitrogen and oxygen atoms in total. The fourth-order valence-electron chi connectivity index (χ4n) is 3.69. The van der Waals surface area contributed by atoms with E-state index in [1.807, 2.05) is 12.2 Å². The molecule has 102 valence electrons. The van der Waals surface area contributed by atoms with Crippen LogP contribution in [0.2, 0.25) is 0 Å². The predicted molar refractivity (Wildman–Crippen MR) is 82.4 cm³/mol. The SMILES string of the molecule is O=C1C2=C(C(=O)c3cc4sc(=O)sc4cc31)C1C=CC2C1. The number of ketones is 2. The lowest BCUT2D eigenvalue weighted by Crippen LogP contribution is -2.24. The van der Waals surface area contributed by atoms with E-state index < -0.39 is 0 Å². The maximum absolute atomic E-state index is 12.8. The van der Waals surface area contributed by atoms with E-state index in [9.17, 15) is 14.4 Å². The lowest BCUT2D eigenvalue weighted by molar-refractivity contribution is 0.0970. The molecule has 0 fully saturated rings. The molecule has 0 amide bonds. The summed E-state index contributed by atoms with van der Waals surface area (Å²) in [4.78, 5) is 37.1. The molecule has 2 aromatic rings. The van der Waals surface area contributed by atoms with Crippen molar-refractivity contribution < 1.29 is 9.59 Å². The molecule has 1 aromatic carbocycles. The van der Waals surface area contributed by atoms with Crippen LogP contribution in [0.15, 0.2) is 40.2 Å². The quantitative estimate of drug-likeness (QED) is 0.702. The molecular formula is C16H8O3S2. The highest BCUT2D eigenvalue weighted by Crippen LogP contribution is 2.49. The van der Waals surface area contributed by atoms with Crippen molar-refractivity contribution in [3.05, 3.63) is 55.4 Å². The third-order valence-corrected chi connectivity index (χ3v) is 6.64. The molecule has 1 heterocycles. The second kappa shape index (κ2) is 3.67. The van der Waals surface area contributed by atoms with Crippen molar-refractivity contribution in [3.8, 4) is 0 Å². The molecule has 5 rings (SSSR count). The van der Waals surface area contributed by atoms with Crippen LogP contribution in [0, 0.1) is 11.8 Å². The minimum Gasteiger partial charge on any atom is -0.289 e. The second-order valence-corrected chi connectivity index (χ2v) is 7.91. The van der Waals surface area contributed by atoms with Crippen molar-refractivity contribution in [3.63, 3.8) is 0 Å². The molecule has 1 aromatic heterocycles. The Balaban J connectivity index is 1.82. The summed E-state index contributed by atoms with van der Waals surface area (Å²) in [7, 11) is 0. The zero-order valence-corrected chi connectivity index (χ0v) is 12.3. The predicted octanol–water partition coefficient (Wildman–Crippen LogP) is 3.20. The molecule has 0 saturated heterocycles. The van der Waals surface area contributed by atoms with E-state index in [1.165, 1.54) is 0 Å². The Kier molecular flexibility index (Phi) is 2.06. The molecule has 2 unspecified atom stereocenters. The number of hydrogen-bond donors (Lipinski definition) is 0. The maximum atomic E-state index is 12.8. The van der Waals surface area contributed by atoms with Crippen LogP contribution >= 0.6 is 22.7 Å². The molecule has 3 aliphatic rings. The van der Waals surface area contributed by atoms with Crippen molar-refractivity contribution in [2.45, 2.75) is 6.42 Å². The van der Waals surface area contributed by atoms with Gasteiger partial charge in [-0.3, -0.25) is 14.4 Å². The standard InChI is InChI=1S/C16H8O3S2/c17-14-8-4-10-11(21-16(19)20-10)5-9(8)15(18)13-7-2-1-6(3-7)12(13)14/h1-2,4-7H,3H2. The van der Waals surface area contributed by atoms with Gasteiger partial charge in [-0.25, -0.2) is 0 Å². The summed E-state index contributed by atoms with van der Waals surface area (Å²) in [6.45, 7) is 0. The van der Waals surface area contributed by atoms with Crippen molar-refractivity contribution in [1.82, 2.24) is 0 Å². The van der Waals surface area contributed by atoms with Gasteiger partial charge in [0.25, 0.3) is 4.06 Å². The largest absolute Gasteiger partial charge is 0.289 e. The van der Waals surface area contributed by atoms with Gasteiger partial charge in [0.15, 0.2) is 11.6 Å². The third-order valence-electron chi connectivity index (χ3n) is 4.56. The number of hydrogen-bond acceptors (Lipinski definition) is 5. The summed E-state index contributed by atoms with van der Waals surface area (Å²) in [5.41, 5.74) is 2.34. The van der Waals surface area contributed by atoms with Crippen LogP contribution in [0.3, 0.4) is 0 Å². The molecule has 2 atom stereocenters. The first-order chi connectivity index (χ1) is 10.1. The zero-order chi connectivity index (χ0) is 14.3. The molecule has 0 aliphatic heterocycles. The Bertz CT molecular complexity index is 913. The average Bonchev–Trinajstić information content (AvgIpc) is 3.14. The van der Waals surface area contributed by atoms with Gasteiger partial charge in [-0.1, -0.05) is 34.8 Å². The van der Waals surface area contributed by atoms with Gasteiger partial charge in [-0.05, 0) is 18.6 Å². The number of benzene rings is 1. The van der Waals surface area contributed by atoms with Crippen molar-refractivity contribution in [2.75, 3.05) is 0 Å². The van der Waals surface area contributed by atoms with Gasteiger partial charge in [0.1, 0.15) is 0 Å². The molecule has 3 aliphatic carbocycles. The molecule has 21 heavy (non-hydrogen) atoms. The Morgan fingerprint density at radius 3 is 1.76 bits per heavy atom. The number of rotatable bonds is 0. The van der Waals surface area contributed by atoms with Crippen LogP contribution in [-0.2, 0) is 0 Å². The van der Waals surface area contributed by atoms with E-state index in [1.54, 1.807) is 12.1 Å². The number of fused-ring (bicyclic) bond motifs is 6. The molecule has 0 spiro atoms. The van der Waals surface area contributed by atoms with Crippen LogP contribution in [0.1, 0.15) is 27.1 Å². The number of allylic oxidation sites excluding steroid dienone is 4. The van der Waals surface area contributed by atoms with E-state index in [-0.39, 0.29) is 27.5 Å². The number of carbonyl (C=O) groups excluding carboxylic acids is 2. The fourth-order valence-corrected chi connectivity index (χ4v) is 5.68. The van der Waals surface area contributed by atoms with E-state index in [4.69, 9.17) is 0 Å². The molecular weight excluding hydrogens is 304 g/mol. The van der Waals surface area contributed by atoms with E-state index >= 15 is 0 Å². The molecule has 2 bridgehead atoms. The van der Waals surface area contributed by atoms with Crippen LogP contribution in [-0.4, -0.2) is 11.6 Å². The lowest BCUT2D eigenvalue weighted by atomic mass is 9.79. The van der Waals surface area contributed by atoms with Crippen LogP contribution in [0.5, 0.6) is 0 Å². The van der Waals surface area contributed by atoms with Gasteiger partial charge in [0, 0.05) is 43.5 Å². The van der Waals surface area contributed by atoms with Gasteiger partial charge in [0.05, 0.1) is 0 Å². The van der Waals surface area contributed by atoms with Crippen molar-refractivity contribution in [1.29, 1.82) is 0 Å². The van der Waals surface area contributed by atoms with Gasteiger partial charge in [-0.2, -0.15) is 0 Å². The van der Waals surface area contributed by atoms with E-state index in [0.717, 1.165) is 38.5 Å². The van der Waals surface area contributed by atoms with Crippen LogP contribution < -0.4 is 4.06 Å². The Labute approximate surface area is 127 Å². The molecule has 0 N–H and O–H groups in total. The zero-order valence-electron chi connectivity index (χ0n) is 10.7. The molecule has 0 radical (unpaired) electrons. The summed E-state index contributed by atoms with van der Waals surface area (Å²) >= 11 is 2.28. The minimum atomic E-state index is -0.0239. The first-order valence-corrected chi connectivity index (χ1v) is 8.36. The summed E-state index contributed by atoms with van der Waals surface area (Å²) in [6, 6.07) is 3.46. The molecule has 0 saturated carbocycles. The highest BCUT2D eigenvalue weighted by molar-refractivity contribution is 7.35. The van der Waals surface area contributed by atoms with Crippen molar-refractivity contribution >= 4 is 43.6 Å². The van der Waals surface area contributed by atoms with Gasteiger partial charge in [0.2, 0.25) is 0 Å². The summed E-state index contributed by atoms with van der Waals surface area (Å²) < 4.78 is 1.59.